The molecular weight excluding hydrogens is 275 g/mol. The Balaban J connectivity index is 2.67. The van der Waals surface area contributed by atoms with E-state index in [0.717, 1.165) is 0 Å². The summed E-state index contributed by atoms with van der Waals surface area (Å²) in [6, 6.07) is 0. The van der Waals surface area contributed by atoms with Crippen molar-refractivity contribution in [3.63, 3.8) is 0 Å². The third kappa shape index (κ3) is 5.11. The van der Waals surface area contributed by atoms with Crippen LogP contribution in [0.1, 0.15) is 26.7 Å². The molecule has 0 aromatic carbocycles. The monoisotopic (exact) mass is 298 g/mol. The number of aliphatic hydroxyl groups excluding tert-OH is 3. The first-order chi connectivity index (χ1) is 8.61. The fraction of sp³-hybridized carbons (Fsp3) is 1.00. The van der Waals surface area contributed by atoms with Crippen molar-refractivity contribution in [2.45, 2.75) is 57.2 Å². The van der Waals surface area contributed by atoms with Gasteiger partial charge in [-0.25, -0.2) is 0 Å². The molecule has 5 N–H and O–H groups in total. The Morgan fingerprint density at radius 2 is 1.58 bits per heavy atom. The van der Waals surface area contributed by atoms with Crippen LogP contribution in [0.4, 0.5) is 0 Å². The fourth-order valence-electron chi connectivity index (χ4n) is 2.22. The second-order valence-electron chi connectivity index (χ2n) is 5.49. The molecule has 5 atom stereocenters. The predicted octanol–water partition coefficient (Wildman–Crippen LogP) is -0.550. The summed E-state index contributed by atoms with van der Waals surface area (Å²) in [5, 5.41) is 29.3. The van der Waals surface area contributed by atoms with Gasteiger partial charge in [0.05, 0.1) is 18.4 Å². The highest BCUT2D eigenvalue weighted by molar-refractivity contribution is 7.51. The minimum absolute atomic E-state index is 0.0657. The summed E-state index contributed by atoms with van der Waals surface area (Å²) < 4.78 is 16.3. The SMILES string of the molecule is CC(C)C[C@H]1O[C@H](CCP(=O)(O)O)[C@@H](O)[C@H](O)[C@@H]1O. The minimum atomic E-state index is -4.18. The van der Waals surface area contributed by atoms with E-state index < -0.39 is 44.3 Å². The maximum atomic E-state index is 10.8. The zero-order valence-corrected chi connectivity index (χ0v) is 12.0. The van der Waals surface area contributed by atoms with Crippen LogP contribution in [0.15, 0.2) is 0 Å². The van der Waals surface area contributed by atoms with E-state index in [4.69, 9.17) is 14.5 Å². The third-order valence-electron chi connectivity index (χ3n) is 3.22. The average molecular weight is 298 g/mol. The van der Waals surface area contributed by atoms with Gasteiger partial charge in [0, 0.05) is 0 Å². The molecule has 1 fully saturated rings. The van der Waals surface area contributed by atoms with Crippen LogP contribution in [0, 0.1) is 5.92 Å². The Bertz CT molecular complexity index is 329. The van der Waals surface area contributed by atoms with Crippen molar-refractivity contribution < 1.29 is 34.4 Å². The van der Waals surface area contributed by atoms with Gasteiger partial charge in [-0.05, 0) is 18.8 Å². The number of aliphatic hydroxyl groups is 3. The second-order valence-corrected chi connectivity index (χ2v) is 7.27. The van der Waals surface area contributed by atoms with Crippen LogP contribution in [-0.4, -0.2) is 61.8 Å². The van der Waals surface area contributed by atoms with Gasteiger partial charge in [-0.1, -0.05) is 13.8 Å². The van der Waals surface area contributed by atoms with Crippen LogP contribution in [0.5, 0.6) is 0 Å². The third-order valence-corrected chi connectivity index (χ3v) is 4.06. The first-order valence-corrected chi connectivity index (χ1v) is 8.16. The summed E-state index contributed by atoms with van der Waals surface area (Å²) >= 11 is 0. The molecule has 0 aliphatic carbocycles. The summed E-state index contributed by atoms with van der Waals surface area (Å²) in [5.41, 5.74) is 0. The molecule has 114 valence electrons. The van der Waals surface area contributed by atoms with Crippen molar-refractivity contribution in [3.05, 3.63) is 0 Å². The Kier molecular flexibility index (Phi) is 5.95. The van der Waals surface area contributed by atoms with Gasteiger partial charge in [0.2, 0.25) is 0 Å². The van der Waals surface area contributed by atoms with E-state index >= 15 is 0 Å². The molecule has 1 aliphatic rings. The Morgan fingerprint density at radius 3 is 2.05 bits per heavy atom. The maximum Gasteiger partial charge on any atom is 0.325 e. The van der Waals surface area contributed by atoms with E-state index in [1.165, 1.54) is 0 Å². The van der Waals surface area contributed by atoms with Crippen LogP contribution < -0.4 is 0 Å². The van der Waals surface area contributed by atoms with Gasteiger partial charge in [-0.15, -0.1) is 0 Å². The largest absolute Gasteiger partial charge is 0.388 e. The number of hydrogen-bond acceptors (Lipinski definition) is 5. The Morgan fingerprint density at radius 1 is 1.05 bits per heavy atom. The minimum Gasteiger partial charge on any atom is -0.388 e. The van der Waals surface area contributed by atoms with Gasteiger partial charge in [-0.2, -0.15) is 0 Å². The smallest absolute Gasteiger partial charge is 0.325 e. The molecule has 0 saturated carbocycles. The highest BCUT2D eigenvalue weighted by Crippen LogP contribution is 2.37. The van der Waals surface area contributed by atoms with Crippen molar-refractivity contribution in [1.29, 1.82) is 0 Å². The summed E-state index contributed by atoms with van der Waals surface area (Å²) in [6.45, 7) is 3.86. The molecule has 7 nitrogen and oxygen atoms in total. The summed E-state index contributed by atoms with van der Waals surface area (Å²) in [4.78, 5) is 17.7. The zero-order chi connectivity index (χ0) is 14.8. The maximum absolute atomic E-state index is 10.8. The van der Waals surface area contributed by atoms with Crippen molar-refractivity contribution in [1.82, 2.24) is 0 Å². The van der Waals surface area contributed by atoms with Gasteiger partial charge in [0.25, 0.3) is 0 Å². The van der Waals surface area contributed by atoms with E-state index in [-0.39, 0.29) is 12.3 Å². The van der Waals surface area contributed by atoms with Gasteiger partial charge in [-0.3, -0.25) is 4.57 Å². The predicted molar refractivity (Wildman–Crippen MR) is 67.7 cm³/mol. The molecule has 1 saturated heterocycles. The van der Waals surface area contributed by atoms with E-state index in [2.05, 4.69) is 0 Å². The van der Waals surface area contributed by atoms with Gasteiger partial charge >= 0.3 is 7.60 Å². The molecule has 0 amide bonds. The first-order valence-electron chi connectivity index (χ1n) is 6.36. The van der Waals surface area contributed by atoms with Gasteiger partial charge in [0.1, 0.15) is 18.3 Å². The summed E-state index contributed by atoms with van der Waals surface area (Å²) in [6.07, 6.45) is -5.41. The van der Waals surface area contributed by atoms with Gasteiger partial charge < -0.3 is 29.8 Å². The van der Waals surface area contributed by atoms with Gasteiger partial charge in [0.15, 0.2) is 0 Å². The fourth-order valence-corrected chi connectivity index (χ4v) is 2.81. The average Bonchev–Trinajstić information content (AvgIpc) is 2.26. The quantitative estimate of drug-likeness (QED) is 0.431. The summed E-state index contributed by atoms with van der Waals surface area (Å²) in [7, 11) is -4.18. The Labute approximate surface area is 112 Å². The van der Waals surface area contributed by atoms with Crippen molar-refractivity contribution in [2.24, 2.45) is 5.92 Å². The number of ether oxygens (including phenoxy) is 1. The lowest BCUT2D eigenvalue weighted by Gasteiger charge is -2.41. The number of hydrogen-bond donors (Lipinski definition) is 5. The molecule has 1 rings (SSSR count). The molecule has 8 heteroatoms. The topological polar surface area (TPSA) is 127 Å². The van der Waals surface area contributed by atoms with E-state index in [1.807, 2.05) is 13.8 Å². The summed E-state index contributed by atoms with van der Waals surface area (Å²) in [5.74, 6) is 0.226. The standard InChI is InChI=1S/C11H23O7P/c1-6(2)5-8-10(13)11(14)9(12)7(18-8)3-4-19(15,16)17/h6-14H,3-5H2,1-2H3,(H2,15,16,17)/t7-,8-,9-,10-,11+/m1/s1. The normalized spacial score (nSPS) is 36.7. The second kappa shape index (κ2) is 6.63. The zero-order valence-electron chi connectivity index (χ0n) is 11.1. The first kappa shape index (κ1) is 17.0. The lowest BCUT2D eigenvalue weighted by molar-refractivity contribution is -0.225. The molecule has 0 unspecified atom stereocenters. The van der Waals surface area contributed by atoms with Crippen LogP contribution in [0.2, 0.25) is 0 Å². The molecule has 1 heterocycles. The van der Waals surface area contributed by atoms with Crippen LogP contribution >= 0.6 is 7.60 Å². The number of rotatable bonds is 5. The molecule has 0 aromatic heterocycles. The highest BCUT2D eigenvalue weighted by Gasteiger charge is 2.43. The van der Waals surface area contributed by atoms with Crippen LogP contribution in [0.25, 0.3) is 0 Å². The molecule has 19 heavy (non-hydrogen) atoms. The Hall–Kier alpha value is -0.0100. The van der Waals surface area contributed by atoms with Crippen molar-refractivity contribution >= 4 is 7.60 Å². The lowest BCUT2D eigenvalue weighted by atomic mass is 9.90. The van der Waals surface area contributed by atoms with Crippen molar-refractivity contribution in [3.8, 4) is 0 Å². The molecule has 1 aliphatic heterocycles. The van der Waals surface area contributed by atoms with E-state index in [1.54, 1.807) is 0 Å². The molecular formula is C11H23O7P. The molecule has 0 spiro atoms. The molecule has 0 bridgehead atoms. The highest BCUT2D eigenvalue weighted by atomic mass is 31.2. The molecule has 0 aromatic rings. The van der Waals surface area contributed by atoms with E-state index in [0.29, 0.717) is 6.42 Å². The molecule has 0 radical (unpaired) electrons. The lowest BCUT2D eigenvalue weighted by Crippen LogP contribution is -2.57. The van der Waals surface area contributed by atoms with Crippen LogP contribution in [-0.2, 0) is 9.30 Å². The van der Waals surface area contributed by atoms with E-state index in [9.17, 15) is 19.9 Å². The van der Waals surface area contributed by atoms with Crippen LogP contribution in [0.3, 0.4) is 0 Å². The van der Waals surface area contributed by atoms with Crippen molar-refractivity contribution in [2.75, 3.05) is 6.16 Å².